The molecular formula is C9H4F15NO. The second-order valence-corrected chi connectivity index (χ2v) is 4.63. The summed E-state index contributed by atoms with van der Waals surface area (Å²) >= 11 is 0. The van der Waals surface area contributed by atoms with Crippen molar-refractivity contribution in [2.75, 3.05) is 0 Å². The Bertz CT molecular complexity index is 560. The van der Waals surface area contributed by atoms with Crippen LogP contribution in [0.3, 0.4) is 0 Å². The molecule has 0 rings (SSSR count). The molecule has 0 radical (unpaired) electrons. The number of rotatable bonds is 6. The average molecular weight is 427 g/mol. The molecule has 0 aliphatic rings. The van der Waals surface area contributed by atoms with Crippen molar-refractivity contribution in [1.29, 1.82) is 0 Å². The van der Waals surface area contributed by atoms with Crippen LogP contribution in [0.15, 0.2) is 5.16 Å². The first-order valence-electron chi connectivity index (χ1n) is 5.51. The summed E-state index contributed by atoms with van der Waals surface area (Å²) < 4.78 is 190. The van der Waals surface area contributed by atoms with Gasteiger partial charge in [0.15, 0.2) is 0 Å². The van der Waals surface area contributed by atoms with Crippen LogP contribution in [-0.2, 0) is 0 Å². The van der Waals surface area contributed by atoms with Crippen LogP contribution in [0.4, 0.5) is 65.9 Å². The molecule has 0 saturated heterocycles. The van der Waals surface area contributed by atoms with E-state index in [9.17, 15) is 65.9 Å². The van der Waals surface area contributed by atoms with Gasteiger partial charge in [-0.25, -0.2) is 0 Å². The lowest BCUT2D eigenvalue weighted by Crippen LogP contribution is -2.73. The van der Waals surface area contributed by atoms with Crippen LogP contribution in [0.25, 0.3) is 0 Å². The van der Waals surface area contributed by atoms with Crippen molar-refractivity contribution >= 4 is 5.71 Å². The van der Waals surface area contributed by atoms with Gasteiger partial charge in [-0.3, -0.25) is 0 Å². The Kier molecular flexibility index (Phi) is 5.60. The molecule has 0 aromatic rings. The Hall–Kier alpha value is -1.58. The molecule has 0 aliphatic heterocycles. The van der Waals surface area contributed by atoms with Crippen LogP contribution >= 0.6 is 0 Å². The second kappa shape index (κ2) is 5.97. The van der Waals surface area contributed by atoms with Gasteiger partial charge in [0, 0.05) is 0 Å². The Balaban J connectivity index is 6.61. The summed E-state index contributed by atoms with van der Waals surface area (Å²) in [5, 5.41) is 9.09. The highest BCUT2D eigenvalue weighted by atomic mass is 19.4. The van der Waals surface area contributed by atoms with E-state index < -0.39 is 47.4 Å². The first-order chi connectivity index (χ1) is 11.0. The molecule has 0 heterocycles. The lowest BCUT2D eigenvalue weighted by atomic mass is 9.90. The zero-order chi connectivity index (χ0) is 21.8. The second-order valence-electron chi connectivity index (χ2n) is 4.63. The molecular weight excluding hydrogens is 423 g/mol. The van der Waals surface area contributed by atoms with Crippen molar-refractivity contribution in [3.05, 3.63) is 0 Å². The number of hydrogen-bond donors (Lipinski definition) is 1. The number of oxime groups is 1. The van der Waals surface area contributed by atoms with E-state index in [0.29, 0.717) is 0 Å². The lowest BCUT2D eigenvalue weighted by molar-refractivity contribution is -0.448. The highest BCUT2D eigenvalue weighted by Gasteiger charge is 2.93. The van der Waals surface area contributed by atoms with Gasteiger partial charge in [0.2, 0.25) is 0 Å². The molecule has 0 unspecified atom stereocenters. The Labute approximate surface area is 132 Å². The summed E-state index contributed by atoms with van der Waals surface area (Å²) in [4.78, 5) is 0. The Morgan fingerprint density at radius 3 is 1.08 bits per heavy atom. The lowest BCUT2D eigenvalue weighted by Gasteiger charge is -2.41. The third-order valence-electron chi connectivity index (χ3n) is 2.93. The van der Waals surface area contributed by atoms with Gasteiger partial charge in [-0.2, -0.15) is 65.9 Å². The van der Waals surface area contributed by atoms with E-state index in [1.807, 2.05) is 0 Å². The van der Waals surface area contributed by atoms with Crippen LogP contribution in [0.1, 0.15) is 6.92 Å². The molecule has 0 saturated carbocycles. The van der Waals surface area contributed by atoms with Gasteiger partial charge in [-0.15, -0.1) is 0 Å². The molecule has 0 aliphatic carbocycles. The van der Waals surface area contributed by atoms with Gasteiger partial charge in [-0.1, -0.05) is 5.16 Å². The van der Waals surface area contributed by atoms with E-state index in [1.165, 1.54) is 5.16 Å². The van der Waals surface area contributed by atoms with Crippen molar-refractivity contribution in [2.24, 2.45) is 5.16 Å². The van der Waals surface area contributed by atoms with E-state index >= 15 is 0 Å². The molecule has 156 valence electrons. The molecule has 2 nitrogen and oxygen atoms in total. The maximum atomic E-state index is 13.1. The number of nitrogens with zero attached hydrogens (tertiary/aromatic N) is 1. The SMILES string of the molecule is C/C(=N\O)C(F)(F)C(F)(F)C(F)(F)C(F)(F)C(F)(F)C(F)(F)C(F)(F)F. The van der Waals surface area contributed by atoms with Gasteiger partial charge in [0.25, 0.3) is 0 Å². The largest absolute Gasteiger partial charge is 0.460 e. The van der Waals surface area contributed by atoms with Crippen LogP contribution < -0.4 is 0 Å². The maximum Gasteiger partial charge on any atom is 0.460 e. The molecule has 17 heteroatoms. The standard InChI is InChI=1S/C9H4F15NO/c1-2(25-26)3(10,11)4(12,13)5(14,15)6(16,17)7(18,19)8(20,21)9(22,23)24/h26H,1H3/b25-2+. The fourth-order valence-corrected chi connectivity index (χ4v) is 1.26. The molecule has 0 atom stereocenters. The molecule has 0 bridgehead atoms. The van der Waals surface area contributed by atoms with Crippen LogP contribution in [0, 0.1) is 0 Å². The normalized spacial score (nSPS) is 16.8. The first-order valence-corrected chi connectivity index (χ1v) is 5.51. The summed E-state index contributed by atoms with van der Waals surface area (Å²) in [7, 11) is 0. The van der Waals surface area contributed by atoms with Crippen LogP contribution in [-0.4, -0.2) is 52.6 Å². The van der Waals surface area contributed by atoms with Crippen molar-refractivity contribution in [3.63, 3.8) is 0 Å². The van der Waals surface area contributed by atoms with Crippen molar-refractivity contribution in [1.82, 2.24) is 0 Å². The fraction of sp³-hybridized carbons (Fsp3) is 0.889. The number of halogens is 15. The third kappa shape index (κ3) is 2.82. The topological polar surface area (TPSA) is 32.6 Å². The highest BCUT2D eigenvalue weighted by Crippen LogP contribution is 2.62. The molecule has 0 aromatic heterocycles. The summed E-state index contributed by atoms with van der Waals surface area (Å²) in [5.74, 6) is -47.2. The van der Waals surface area contributed by atoms with E-state index in [-0.39, 0.29) is 6.92 Å². The quantitative estimate of drug-likeness (QED) is 0.269. The Morgan fingerprint density at radius 2 is 0.808 bits per heavy atom. The monoisotopic (exact) mass is 427 g/mol. The zero-order valence-electron chi connectivity index (χ0n) is 11.6. The van der Waals surface area contributed by atoms with E-state index in [4.69, 9.17) is 5.21 Å². The minimum absolute atomic E-state index is 0.384. The predicted octanol–water partition coefficient (Wildman–Crippen LogP) is 5.21. The van der Waals surface area contributed by atoms with Gasteiger partial charge in [-0.05, 0) is 6.92 Å². The Morgan fingerprint density at radius 1 is 0.538 bits per heavy atom. The van der Waals surface area contributed by atoms with E-state index in [1.54, 1.807) is 0 Å². The van der Waals surface area contributed by atoms with Crippen molar-refractivity contribution < 1.29 is 71.1 Å². The molecule has 0 aromatic carbocycles. The summed E-state index contributed by atoms with van der Waals surface area (Å²) in [6.45, 7) is -0.384. The molecule has 1 N–H and O–H groups in total. The van der Waals surface area contributed by atoms with Gasteiger partial charge in [0.05, 0.1) is 0 Å². The highest BCUT2D eigenvalue weighted by molar-refractivity contribution is 5.89. The molecule has 26 heavy (non-hydrogen) atoms. The van der Waals surface area contributed by atoms with Crippen molar-refractivity contribution in [3.8, 4) is 0 Å². The van der Waals surface area contributed by atoms with E-state index in [2.05, 4.69) is 0 Å². The molecule has 0 amide bonds. The van der Waals surface area contributed by atoms with Gasteiger partial charge in [0.1, 0.15) is 5.71 Å². The van der Waals surface area contributed by atoms with Gasteiger partial charge >= 0.3 is 41.7 Å². The zero-order valence-corrected chi connectivity index (χ0v) is 11.6. The minimum Gasteiger partial charge on any atom is -0.411 e. The maximum absolute atomic E-state index is 13.1. The van der Waals surface area contributed by atoms with Gasteiger partial charge < -0.3 is 5.21 Å². The molecule has 0 spiro atoms. The predicted molar refractivity (Wildman–Crippen MR) is 50.6 cm³/mol. The van der Waals surface area contributed by atoms with Crippen molar-refractivity contribution in [2.45, 2.75) is 48.6 Å². The summed E-state index contributed by atoms with van der Waals surface area (Å²) in [5.41, 5.74) is -2.76. The third-order valence-corrected chi connectivity index (χ3v) is 2.93. The number of hydrogen-bond acceptors (Lipinski definition) is 2. The minimum atomic E-state index is -8.35. The number of alkyl halides is 15. The van der Waals surface area contributed by atoms with E-state index in [0.717, 1.165) is 0 Å². The smallest absolute Gasteiger partial charge is 0.411 e. The van der Waals surface area contributed by atoms with Crippen LogP contribution in [0.2, 0.25) is 0 Å². The molecule has 0 fully saturated rings. The first kappa shape index (κ1) is 24.4. The van der Waals surface area contributed by atoms with Crippen LogP contribution in [0.5, 0.6) is 0 Å². The summed E-state index contributed by atoms with van der Waals surface area (Å²) in [6, 6.07) is 0. The fourth-order valence-electron chi connectivity index (χ4n) is 1.26. The summed E-state index contributed by atoms with van der Waals surface area (Å²) in [6.07, 6.45) is -7.64. The average Bonchev–Trinajstić information content (AvgIpc) is 2.43.